The number of H-pyrrole nitrogens is 2. The predicted molar refractivity (Wildman–Crippen MR) is 115 cm³/mol. The Hall–Kier alpha value is -3.30. The van der Waals surface area contributed by atoms with Crippen molar-refractivity contribution in [3.8, 4) is 11.3 Å². The van der Waals surface area contributed by atoms with Crippen molar-refractivity contribution in [1.29, 1.82) is 0 Å². The number of rotatable bonds is 3. The Morgan fingerprint density at radius 2 is 2.16 bits per heavy atom. The van der Waals surface area contributed by atoms with E-state index in [2.05, 4.69) is 20.2 Å². The van der Waals surface area contributed by atoms with E-state index in [0.717, 1.165) is 5.56 Å². The van der Waals surface area contributed by atoms with Gasteiger partial charge in [-0.25, -0.2) is 14.4 Å². The molecule has 0 spiro atoms. The number of aryl methyl sites for hydroxylation is 1. The summed E-state index contributed by atoms with van der Waals surface area (Å²) in [5.74, 6) is 0.498. The number of halogens is 2. The van der Waals surface area contributed by atoms with Crippen molar-refractivity contribution in [2.24, 2.45) is 0 Å². The van der Waals surface area contributed by atoms with Crippen LogP contribution in [0.2, 0.25) is 5.02 Å². The molecule has 158 valence electrons. The van der Waals surface area contributed by atoms with Crippen molar-refractivity contribution in [3.05, 3.63) is 69.2 Å². The topological polar surface area (TPSA) is 99.8 Å². The van der Waals surface area contributed by atoms with Gasteiger partial charge in [-0.1, -0.05) is 11.6 Å². The number of aromatic nitrogens is 5. The van der Waals surface area contributed by atoms with Gasteiger partial charge in [-0.05, 0) is 25.1 Å². The van der Waals surface area contributed by atoms with Crippen LogP contribution in [0.1, 0.15) is 17.5 Å². The fourth-order valence-corrected chi connectivity index (χ4v) is 3.96. The molecule has 5 rings (SSSR count). The standard InChI is InChI=1S/C21H18ClFN6O2/c1-11-26-16-7-18(29-4-5-31-17(10-29)12-8-24-25-9-12)28-20(19(16)21(30)27-11)14-3-2-13(22)6-15(14)23/h2-3,6-9,17H,4-5,10H2,1H3,(H,24,25)(H,26,27,30)/t17-/m1/s1. The SMILES string of the molecule is Cc1nc2cc(N3CCO[C@@H](c4cn[nH]c4)C3)nc(-c3ccc(Cl)cc3F)c2c(=O)[nH]1. The first kappa shape index (κ1) is 19.7. The molecule has 1 saturated heterocycles. The summed E-state index contributed by atoms with van der Waals surface area (Å²) < 4.78 is 20.7. The minimum Gasteiger partial charge on any atom is -0.370 e. The third-order valence-corrected chi connectivity index (χ3v) is 5.50. The van der Waals surface area contributed by atoms with E-state index >= 15 is 0 Å². The van der Waals surface area contributed by atoms with Crippen LogP contribution in [0, 0.1) is 12.7 Å². The lowest BCUT2D eigenvalue weighted by Crippen LogP contribution is -2.38. The minimum atomic E-state index is -0.559. The third-order valence-electron chi connectivity index (χ3n) is 5.26. The van der Waals surface area contributed by atoms with Gasteiger partial charge in [0.1, 0.15) is 23.6 Å². The molecule has 31 heavy (non-hydrogen) atoms. The highest BCUT2D eigenvalue weighted by atomic mass is 35.5. The molecule has 1 aromatic carbocycles. The summed E-state index contributed by atoms with van der Waals surface area (Å²) in [6, 6.07) is 6.05. The number of nitrogens with zero attached hydrogens (tertiary/aromatic N) is 4. The van der Waals surface area contributed by atoms with E-state index in [1.54, 1.807) is 31.5 Å². The second-order valence-electron chi connectivity index (χ2n) is 7.34. The van der Waals surface area contributed by atoms with Gasteiger partial charge >= 0.3 is 0 Å². The molecule has 0 aliphatic carbocycles. The van der Waals surface area contributed by atoms with Gasteiger partial charge < -0.3 is 14.6 Å². The maximum Gasteiger partial charge on any atom is 0.260 e. The molecule has 0 radical (unpaired) electrons. The molecular weight excluding hydrogens is 423 g/mol. The van der Waals surface area contributed by atoms with E-state index in [-0.39, 0.29) is 33.3 Å². The normalized spacial score (nSPS) is 16.7. The average molecular weight is 441 g/mol. The average Bonchev–Trinajstić information content (AvgIpc) is 3.28. The van der Waals surface area contributed by atoms with Crippen molar-refractivity contribution in [1.82, 2.24) is 25.1 Å². The molecule has 8 nitrogen and oxygen atoms in total. The van der Waals surface area contributed by atoms with E-state index in [9.17, 15) is 9.18 Å². The summed E-state index contributed by atoms with van der Waals surface area (Å²) in [5.41, 5.74) is 1.42. The van der Waals surface area contributed by atoms with Crippen LogP contribution in [0.3, 0.4) is 0 Å². The van der Waals surface area contributed by atoms with Gasteiger partial charge in [0.05, 0.1) is 29.4 Å². The number of hydrogen-bond acceptors (Lipinski definition) is 6. The Morgan fingerprint density at radius 1 is 1.29 bits per heavy atom. The van der Waals surface area contributed by atoms with Gasteiger partial charge in [0.25, 0.3) is 5.56 Å². The van der Waals surface area contributed by atoms with Crippen molar-refractivity contribution in [3.63, 3.8) is 0 Å². The fourth-order valence-electron chi connectivity index (χ4n) is 3.80. The van der Waals surface area contributed by atoms with Gasteiger partial charge in [0, 0.05) is 41.5 Å². The molecule has 1 aliphatic heterocycles. The van der Waals surface area contributed by atoms with Gasteiger partial charge in [-0.15, -0.1) is 0 Å². The number of anilines is 1. The first-order valence-electron chi connectivity index (χ1n) is 9.72. The van der Waals surface area contributed by atoms with Gasteiger partial charge in [0.15, 0.2) is 0 Å². The van der Waals surface area contributed by atoms with Crippen LogP contribution in [-0.4, -0.2) is 44.8 Å². The molecule has 0 bridgehead atoms. The minimum absolute atomic E-state index is 0.186. The molecule has 1 fully saturated rings. The zero-order valence-corrected chi connectivity index (χ0v) is 17.3. The summed E-state index contributed by atoms with van der Waals surface area (Å²) >= 11 is 5.92. The van der Waals surface area contributed by atoms with Crippen molar-refractivity contribution in [2.75, 3.05) is 24.6 Å². The summed E-state index contributed by atoms with van der Waals surface area (Å²) in [6.07, 6.45) is 3.33. The Labute approximate surface area is 181 Å². The number of ether oxygens (including phenoxy) is 1. The van der Waals surface area contributed by atoms with E-state index in [0.29, 0.717) is 36.9 Å². The molecule has 0 unspecified atom stereocenters. The number of aromatic amines is 2. The zero-order valence-electron chi connectivity index (χ0n) is 16.5. The van der Waals surface area contributed by atoms with Crippen molar-refractivity contribution < 1.29 is 9.13 Å². The van der Waals surface area contributed by atoms with Crippen LogP contribution in [-0.2, 0) is 4.74 Å². The van der Waals surface area contributed by atoms with Crippen molar-refractivity contribution >= 4 is 28.3 Å². The van der Waals surface area contributed by atoms with E-state index < -0.39 is 5.82 Å². The highest BCUT2D eigenvalue weighted by Gasteiger charge is 2.26. The molecule has 0 saturated carbocycles. The number of benzene rings is 1. The van der Waals surface area contributed by atoms with Gasteiger partial charge in [0.2, 0.25) is 0 Å². The second kappa shape index (κ2) is 7.75. The van der Waals surface area contributed by atoms with Crippen LogP contribution < -0.4 is 10.5 Å². The highest BCUT2D eigenvalue weighted by Crippen LogP contribution is 2.32. The second-order valence-corrected chi connectivity index (χ2v) is 7.77. The lowest BCUT2D eigenvalue weighted by Gasteiger charge is -2.33. The number of fused-ring (bicyclic) bond motifs is 1. The molecular formula is C21H18ClFN6O2. The molecule has 4 aromatic rings. The molecule has 1 aliphatic rings. The first-order valence-corrected chi connectivity index (χ1v) is 10.1. The summed E-state index contributed by atoms with van der Waals surface area (Å²) in [6.45, 7) is 3.31. The van der Waals surface area contributed by atoms with E-state index in [1.165, 1.54) is 12.1 Å². The Morgan fingerprint density at radius 3 is 2.94 bits per heavy atom. The van der Waals surface area contributed by atoms with Gasteiger partial charge in [-0.2, -0.15) is 5.10 Å². The smallest absolute Gasteiger partial charge is 0.260 e. The Balaban J connectivity index is 1.66. The number of nitrogens with one attached hydrogen (secondary N) is 2. The Bertz CT molecular complexity index is 1320. The molecule has 2 N–H and O–H groups in total. The van der Waals surface area contributed by atoms with E-state index in [4.69, 9.17) is 21.3 Å². The zero-order chi connectivity index (χ0) is 21.5. The number of morpholine rings is 1. The monoisotopic (exact) mass is 440 g/mol. The molecule has 1 atom stereocenters. The Kier molecular flexibility index (Phi) is 4.91. The number of pyridine rings is 1. The van der Waals surface area contributed by atoms with Crippen LogP contribution in [0.25, 0.3) is 22.2 Å². The largest absolute Gasteiger partial charge is 0.370 e. The molecule has 4 heterocycles. The predicted octanol–water partition coefficient (Wildman–Crippen LogP) is 3.39. The lowest BCUT2D eigenvalue weighted by molar-refractivity contribution is 0.0395. The third kappa shape index (κ3) is 3.66. The van der Waals surface area contributed by atoms with E-state index in [1.807, 2.05) is 4.90 Å². The first-order chi connectivity index (χ1) is 15.0. The summed E-state index contributed by atoms with van der Waals surface area (Å²) in [5, 5.41) is 7.28. The highest BCUT2D eigenvalue weighted by molar-refractivity contribution is 6.30. The van der Waals surface area contributed by atoms with Crippen molar-refractivity contribution in [2.45, 2.75) is 13.0 Å². The summed E-state index contributed by atoms with van der Waals surface area (Å²) in [4.78, 5) is 26.6. The summed E-state index contributed by atoms with van der Waals surface area (Å²) in [7, 11) is 0. The number of hydrogen-bond donors (Lipinski definition) is 2. The van der Waals surface area contributed by atoms with Crippen LogP contribution in [0.15, 0.2) is 41.5 Å². The molecule has 0 amide bonds. The molecule has 3 aromatic heterocycles. The van der Waals surface area contributed by atoms with Gasteiger partial charge in [-0.3, -0.25) is 9.89 Å². The fraction of sp³-hybridized carbons (Fsp3) is 0.238. The molecule has 10 heteroatoms. The van der Waals surface area contributed by atoms with Crippen LogP contribution in [0.4, 0.5) is 10.2 Å². The quantitative estimate of drug-likeness (QED) is 0.506. The maximum absolute atomic E-state index is 14.8. The lowest BCUT2D eigenvalue weighted by atomic mass is 10.1. The van der Waals surface area contributed by atoms with Crippen LogP contribution in [0.5, 0.6) is 0 Å². The van der Waals surface area contributed by atoms with Crippen LogP contribution >= 0.6 is 11.6 Å². The maximum atomic E-state index is 14.8.